The van der Waals surface area contributed by atoms with Crippen LogP contribution < -0.4 is 0 Å². The molecule has 1 aliphatic carbocycles. The fourth-order valence-electron chi connectivity index (χ4n) is 4.33. The Bertz CT molecular complexity index is 432. The Labute approximate surface area is 166 Å². The van der Waals surface area contributed by atoms with Crippen LogP contribution in [0.1, 0.15) is 92.4 Å². The van der Waals surface area contributed by atoms with E-state index in [4.69, 9.17) is 9.47 Å². The van der Waals surface area contributed by atoms with Crippen molar-refractivity contribution in [2.75, 3.05) is 13.2 Å². The number of hydrogen-bond donors (Lipinski definition) is 0. The first-order chi connectivity index (χ1) is 12.9. The average Bonchev–Trinajstić information content (AvgIpc) is 2.61. The number of carbonyl (C=O) groups is 2. The normalized spacial score (nSPS) is 23.9. The fraction of sp³-hybridized carbons (Fsp3) is 0.913. The molecule has 0 amide bonds. The fourth-order valence-corrected chi connectivity index (χ4v) is 4.33. The molecule has 1 saturated carbocycles. The van der Waals surface area contributed by atoms with Gasteiger partial charge in [0.1, 0.15) is 0 Å². The van der Waals surface area contributed by atoms with E-state index >= 15 is 0 Å². The van der Waals surface area contributed by atoms with Gasteiger partial charge in [0, 0.05) is 0 Å². The maximum Gasteiger partial charge on any atom is 0.309 e. The molecule has 0 N–H and O–H groups in total. The quantitative estimate of drug-likeness (QED) is 0.402. The molecule has 158 valence electrons. The smallest absolute Gasteiger partial charge is 0.309 e. The lowest BCUT2D eigenvalue weighted by atomic mass is 9.72. The molecular formula is C23H42O4. The second kappa shape index (κ2) is 13.2. The Balaban J connectivity index is 2.45. The van der Waals surface area contributed by atoms with E-state index in [1.165, 1.54) is 32.1 Å². The van der Waals surface area contributed by atoms with Crippen molar-refractivity contribution in [2.24, 2.45) is 29.6 Å². The van der Waals surface area contributed by atoms with E-state index in [0.717, 1.165) is 37.5 Å². The molecule has 1 fully saturated rings. The van der Waals surface area contributed by atoms with Crippen molar-refractivity contribution in [3.05, 3.63) is 0 Å². The Morgan fingerprint density at radius 2 is 1.44 bits per heavy atom. The summed E-state index contributed by atoms with van der Waals surface area (Å²) in [6.07, 6.45) is 10.1. The predicted molar refractivity (Wildman–Crippen MR) is 109 cm³/mol. The van der Waals surface area contributed by atoms with E-state index in [-0.39, 0.29) is 23.8 Å². The Kier molecular flexibility index (Phi) is 11.7. The molecule has 4 heteroatoms. The molecule has 0 spiro atoms. The third kappa shape index (κ3) is 9.12. The first kappa shape index (κ1) is 24.0. The monoisotopic (exact) mass is 382 g/mol. The van der Waals surface area contributed by atoms with Crippen LogP contribution in [0.4, 0.5) is 0 Å². The van der Waals surface area contributed by atoms with E-state index in [1.54, 1.807) is 0 Å². The molecule has 4 unspecified atom stereocenters. The summed E-state index contributed by atoms with van der Waals surface area (Å²) in [6.45, 7) is 11.3. The lowest BCUT2D eigenvalue weighted by molar-refractivity contribution is -0.163. The third-order valence-electron chi connectivity index (χ3n) is 5.93. The highest BCUT2D eigenvalue weighted by atomic mass is 16.5. The van der Waals surface area contributed by atoms with E-state index in [2.05, 4.69) is 20.8 Å². The summed E-state index contributed by atoms with van der Waals surface area (Å²) in [5.41, 5.74) is 0. The van der Waals surface area contributed by atoms with Gasteiger partial charge in [-0.2, -0.15) is 0 Å². The predicted octanol–water partition coefficient (Wildman–Crippen LogP) is 5.78. The SMILES string of the molecule is CCOC(=O)C1CCC(CCCC(C)CCCC(C)C)CC1C(=O)OCC. The molecule has 0 aromatic rings. The maximum absolute atomic E-state index is 12.4. The van der Waals surface area contributed by atoms with Crippen molar-refractivity contribution in [3.63, 3.8) is 0 Å². The molecule has 1 aliphatic rings. The number of esters is 2. The van der Waals surface area contributed by atoms with Gasteiger partial charge in [0.05, 0.1) is 25.0 Å². The molecule has 0 saturated heterocycles. The molecule has 4 atom stereocenters. The van der Waals surface area contributed by atoms with Crippen LogP contribution in [-0.2, 0) is 19.1 Å². The van der Waals surface area contributed by atoms with Crippen molar-refractivity contribution in [1.82, 2.24) is 0 Å². The van der Waals surface area contributed by atoms with Crippen LogP contribution in [0.5, 0.6) is 0 Å². The minimum atomic E-state index is -0.328. The molecule has 1 rings (SSSR count). The molecule has 0 aromatic heterocycles. The highest BCUT2D eigenvalue weighted by Gasteiger charge is 2.40. The molecule has 0 radical (unpaired) electrons. The lowest BCUT2D eigenvalue weighted by Crippen LogP contribution is -2.37. The van der Waals surface area contributed by atoms with Crippen LogP contribution in [-0.4, -0.2) is 25.2 Å². The summed E-state index contributed by atoms with van der Waals surface area (Å²) < 4.78 is 10.4. The van der Waals surface area contributed by atoms with Gasteiger partial charge < -0.3 is 9.47 Å². The average molecular weight is 383 g/mol. The molecule has 27 heavy (non-hydrogen) atoms. The van der Waals surface area contributed by atoms with Gasteiger partial charge in [-0.15, -0.1) is 0 Å². The first-order valence-electron chi connectivity index (χ1n) is 11.2. The highest BCUT2D eigenvalue weighted by molar-refractivity contribution is 5.82. The highest BCUT2D eigenvalue weighted by Crippen LogP contribution is 2.38. The largest absolute Gasteiger partial charge is 0.466 e. The Morgan fingerprint density at radius 1 is 0.852 bits per heavy atom. The van der Waals surface area contributed by atoms with Gasteiger partial charge in [-0.05, 0) is 50.9 Å². The van der Waals surface area contributed by atoms with Gasteiger partial charge in [0.25, 0.3) is 0 Å². The van der Waals surface area contributed by atoms with Crippen molar-refractivity contribution in [2.45, 2.75) is 92.4 Å². The van der Waals surface area contributed by atoms with Crippen molar-refractivity contribution < 1.29 is 19.1 Å². The van der Waals surface area contributed by atoms with E-state index in [1.807, 2.05) is 13.8 Å². The Hall–Kier alpha value is -1.06. The standard InChI is InChI=1S/C23H42O4/c1-6-26-22(24)20-15-14-19(16-21(20)23(25)27-7-2)13-9-12-18(5)11-8-10-17(3)4/h17-21H,6-16H2,1-5H3. The van der Waals surface area contributed by atoms with Crippen molar-refractivity contribution in [1.29, 1.82) is 0 Å². The zero-order chi connectivity index (χ0) is 20.2. The molecule has 0 bridgehead atoms. The molecule has 0 heterocycles. The van der Waals surface area contributed by atoms with Crippen LogP contribution in [0.25, 0.3) is 0 Å². The number of rotatable bonds is 12. The summed E-state index contributed by atoms with van der Waals surface area (Å²) in [4.78, 5) is 24.6. The van der Waals surface area contributed by atoms with Crippen molar-refractivity contribution in [3.8, 4) is 0 Å². The summed E-state index contributed by atoms with van der Waals surface area (Å²) in [5, 5.41) is 0. The third-order valence-corrected chi connectivity index (χ3v) is 5.93. The van der Waals surface area contributed by atoms with E-state index in [9.17, 15) is 9.59 Å². The molecule has 0 aliphatic heterocycles. The summed E-state index contributed by atoms with van der Waals surface area (Å²) in [5.74, 6) is 0.997. The molecule has 4 nitrogen and oxygen atoms in total. The topological polar surface area (TPSA) is 52.6 Å². The summed E-state index contributed by atoms with van der Waals surface area (Å²) >= 11 is 0. The zero-order valence-corrected chi connectivity index (χ0v) is 18.3. The van der Waals surface area contributed by atoms with Crippen LogP contribution in [0, 0.1) is 29.6 Å². The number of ether oxygens (including phenoxy) is 2. The Morgan fingerprint density at radius 3 is 2.04 bits per heavy atom. The van der Waals surface area contributed by atoms with Crippen LogP contribution in [0.3, 0.4) is 0 Å². The van der Waals surface area contributed by atoms with Crippen molar-refractivity contribution >= 4 is 11.9 Å². The van der Waals surface area contributed by atoms with Gasteiger partial charge >= 0.3 is 11.9 Å². The van der Waals surface area contributed by atoms with Crippen LogP contribution >= 0.6 is 0 Å². The molecule has 0 aromatic carbocycles. The van der Waals surface area contributed by atoms with Gasteiger partial charge in [-0.3, -0.25) is 9.59 Å². The van der Waals surface area contributed by atoms with E-state index in [0.29, 0.717) is 19.1 Å². The second-order valence-corrected chi connectivity index (χ2v) is 8.76. The van der Waals surface area contributed by atoms with Crippen LogP contribution in [0.2, 0.25) is 0 Å². The zero-order valence-electron chi connectivity index (χ0n) is 18.3. The lowest BCUT2D eigenvalue weighted by Gasteiger charge is -2.33. The van der Waals surface area contributed by atoms with Gasteiger partial charge in [-0.25, -0.2) is 0 Å². The second-order valence-electron chi connectivity index (χ2n) is 8.76. The molecular weight excluding hydrogens is 340 g/mol. The summed E-state index contributed by atoms with van der Waals surface area (Å²) in [7, 11) is 0. The maximum atomic E-state index is 12.4. The number of carbonyl (C=O) groups excluding carboxylic acids is 2. The minimum absolute atomic E-state index is 0.220. The van der Waals surface area contributed by atoms with Gasteiger partial charge in [0.2, 0.25) is 0 Å². The summed E-state index contributed by atoms with van der Waals surface area (Å²) in [6, 6.07) is 0. The first-order valence-corrected chi connectivity index (χ1v) is 11.2. The van der Waals surface area contributed by atoms with Crippen LogP contribution in [0.15, 0.2) is 0 Å². The van der Waals surface area contributed by atoms with Gasteiger partial charge in [0.15, 0.2) is 0 Å². The number of hydrogen-bond acceptors (Lipinski definition) is 4. The van der Waals surface area contributed by atoms with Gasteiger partial charge in [-0.1, -0.05) is 59.3 Å². The van der Waals surface area contributed by atoms with E-state index < -0.39 is 0 Å². The minimum Gasteiger partial charge on any atom is -0.466 e.